The Hall–Kier alpha value is -2.47. The molecule has 0 atom stereocenters. The average molecular weight is 329 g/mol. The fraction of sp³-hybridized carbons (Fsp3) is 0.333. The van der Waals surface area contributed by atoms with Crippen LogP contribution in [0.2, 0.25) is 0 Å². The minimum Gasteiger partial charge on any atom is -0.378 e. The zero-order valence-electron chi connectivity index (χ0n) is 13.6. The Morgan fingerprint density at radius 2 is 1.92 bits per heavy atom. The van der Waals surface area contributed by atoms with E-state index in [1.807, 2.05) is 6.07 Å². The lowest BCUT2D eigenvalue weighted by atomic mass is 10.2. The zero-order valence-corrected chi connectivity index (χ0v) is 13.6. The van der Waals surface area contributed by atoms with Crippen molar-refractivity contribution in [2.75, 3.05) is 38.3 Å². The number of halogens is 1. The number of nitrogens with zero attached hydrogens (tertiary/aromatic N) is 3. The molecule has 2 heterocycles. The number of ether oxygens (including phenoxy) is 1. The molecule has 1 fully saturated rings. The first-order chi connectivity index (χ1) is 11.6. The molecular weight excluding hydrogens is 309 g/mol. The van der Waals surface area contributed by atoms with E-state index in [1.165, 1.54) is 12.1 Å². The molecule has 0 unspecified atom stereocenters. The minimum atomic E-state index is -0.282. The second-order valence-electron chi connectivity index (χ2n) is 5.79. The van der Waals surface area contributed by atoms with Gasteiger partial charge in [0.1, 0.15) is 11.6 Å². The molecule has 0 N–H and O–H groups in total. The fourth-order valence-electron chi connectivity index (χ4n) is 2.65. The van der Waals surface area contributed by atoms with Crippen LogP contribution in [0.15, 0.2) is 42.6 Å². The van der Waals surface area contributed by atoms with Gasteiger partial charge in [-0.05, 0) is 29.8 Å². The summed E-state index contributed by atoms with van der Waals surface area (Å²) in [5, 5.41) is 0. The maximum atomic E-state index is 12.9. The monoisotopic (exact) mass is 329 g/mol. The Balaban J connectivity index is 1.64. The lowest BCUT2D eigenvalue weighted by molar-refractivity contribution is 0.0784. The van der Waals surface area contributed by atoms with Crippen molar-refractivity contribution in [1.82, 2.24) is 9.88 Å². The normalized spacial score (nSPS) is 14.5. The van der Waals surface area contributed by atoms with Crippen molar-refractivity contribution in [2.45, 2.75) is 6.54 Å². The first-order valence-electron chi connectivity index (χ1n) is 7.92. The molecular formula is C18H20FN3O2. The topological polar surface area (TPSA) is 45.7 Å². The fourth-order valence-corrected chi connectivity index (χ4v) is 2.65. The van der Waals surface area contributed by atoms with Gasteiger partial charge in [-0.15, -0.1) is 0 Å². The summed E-state index contributed by atoms with van der Waals surface area (Å²) in [4.78, 5) is 20.6. The Labute approximate surface area is 140 Å². The van der Waals surface area contributed by atoms with Crippen molar-refractivity contribution in [3.63, 3.8) is 0 Å². The standard InChI is InChI=1S/C18H20FN3O2/c1-21(13-14-2-5-16(19)6-3-14)18(23)15-4-7-17(20-12-15)22-8-10-24-11-9-22/h2-7,12H,8-11,13H2,1H3. The number of carbonyl (C=O) groups is 1. The highest BCUT2D eigenvalue weighted by Crippen LogP contribution is 2.15. The molecule has 1 aliphatic heterocycles. The van der Waals surface area contributed by atoms with Gasteiger partial charge in [-0.25, -0.2) is 9.37 Å². The van der Waals surface area contributed by atoms with Crippen LogP contribution in [0.25, 0.3) is 0 Å². The van der Waals surface area contributed by atoms with Gasteiger partial charge in [-0.3, -0.25) is 4.79 Å². The Kier molecular flexibility index (Phi) is 5.05. The van der Waals surface area contributed by atoms with E-state index >= 15 is 0 Å². The van der Waals surface area contributed by atoms with E-state index < -0.39 is 0 Å². The molecule has 0 bridgehead atoms. The summed E-state index contributed by atoms with van der Waals surface area (Å²) in [6.07, 6.45) is 1.61. The van der Waals surface area contributed by atoms with Crippen molar-refractivity contribution in [3.05, 3.63) is 59.5 Å². The Morgan fingerprint density at radius 1 is 1.21 bits per heavy atom. The Morgan fingerprint density at radius 3 is 2.54 bits per heavy atom. The van der Waals surface area contributed by atoms with E-state index in [4.69, 9.17) is 4.74 Å². The van der Waals surface area contributed by atoms with Gasteiger partial charge in [0.2, 0.25) is 0 Å². The van der Waals surface area contributed by atoms with Gasteiger partial charge in [0, 0.05) is 32.9 Å². The van der Waals surface area contributed by atoms with Crippen molar-refractivity contribution < 1.29 is 13.9 Å². The number of benzene rings is 1. The summed E-state index contributed by atoms with van der Waals surface area (Å²) < 4.78 is 18.3. The van der Waals surface area contributed by atoms with E-state index in [0.29, 0.717) is 25.3 Å². The van der Waals surface area contributed by atoms with Gasteiger partial charge in [0.15, 0.2) is 0 Å². The van der Waals surface area contributed by atoms with Crippen molar-refractivity contribution in [2.24, 2.45) is 0 Å². The number of morpholine rings is 1. The van der Waals surface area contributed by atoms with E-state index in [2.05, 4.69) is 9.88 Å². The molecule has 0 radical (unpaired) electrons. The highest BCUT2D eigenvalue weighted by atomic mass is 19.1. The Bertz CT molecular complexity index is 682. The van der Waals surface area contributed by atoms with Crippen LogP contribution in [0.1, 0.15) is 15.9 Å². The minimum absolute atomic E-state index is 0.111. The molecule has 1 amide bonds. The molecule has 126 valence electrons. The molecule has 1 aromatic heterocycles. The number of pyridine rings is 1. The quantitative estimate of drug-likeness (QED) is 0.864. The summed E-state index contributed by atoms with van der Waals surface area (Å²) in [6, 6.07) is 9.81. The van der Waals surface area contributed by atoms with Gasteiger partial charge in [-0.2, -0.15) is 0 Å². The number of carbonyl (C=O) groups excluding carboxylic acids is 1. The number of rotatable bonds is 4. The highest BCUT2D eigenvalue weighted by molar-refractivity contribution is 5.93. The van der Waals surface area contributed by atoms with Crippen LogP contribution in [0.4, 0.5) is 10.2 Å². The SMILES string of the molecule is CN(Cc1ccc(F)cc1)C(=O)c1ccc(N2CCOCC2)nc1. The molecule has 2 aromatic rings. The number of aromatic nitrogens is 1. The van der Waals surface area contributed by atoms with Crippen LogP contribution in [-0.2, 0) is 11.3 Å². The van der Waals surface area contributed by atoms with Crippen LogP contribution < -0.4 is 4.90 Å². The summed E-state index contributed by atoms with van der Waals surface area (Å²) in [5.41, 5.74) is 1.42. The molecule has 6 heteroatoms. The highest BCUT2D eigenvalue weighted by Gasteiger charge is 2.15. The molecule has 1 saturated heterocycles. The average Bonchev–Trinajstić information content (AvgIpc) is 2.64. The number of hydrogen-bond donors (Lipinski definition) is 0. The lowest BCUT2D eigenvalue weighted by Crippen LogP contribution is -2.36. The third kappa shape index (κ3) is 3.89. The number of amides is 1. The molecule has 1 aliphatic rings. The maximum Gasteiger partial charge on any atom is 0.255 e. The first kappa shape index (κ1) is 16.4. The van der Waals surface area contributed by atoms with Crippen molar-refractivity contribution in [3.8, 4) is 0 Å². The van der Waals surface area contributed by atoms with Crippen LogP contribution in [-0.4, -0.2) is 49.1 Å². The second kappa shape index (κ2) is 7.40. The molecule has 3 rings (SSSR count). The van der Waals surface area contributed by atoms with E-state index in [-0.39, 0.29) is 11.7 Å². The third-order valence-corrected chi connectivity index (χ3v) is 4.01. The van der Waals surface area contributed by atoms with Gasteiger partial charge in [0.25, 0.3) is 5.91 Å². The molecule has 1 aromatic carbocycles. The van der Waals surface area contributed by atoms with Gasteiger partial charge >= 0.3 is 0 Å². The van der Waals surface area contributed by atoms with Crippen LogP contribution in [0.5, 0.6) is 0 Å². The van der Waals surface area contributed by atoms with Crippen LogP contribution in [0.3, 0.4) is 0 Å². The van der Waals surface area contributed by atoms with Crippen LogP contribution >= 0.6 is 0 Å². The molecule has 0 saturated carbocycles. The van der Waals surface area contributed by atoms with Gasteiger partial charge < -0.3 is 14.5 Å². The van der Waals surface area contributed by atoms with E-state index in [1.54, 1.807) is 36.3 Å². The predicted molar refractivity (Wildman–Crippen MR) is 89.5 cm³/mol. The summed E-state index contributed by atoms with van der Waals surface area (Å²) in [7, 11) is 1.72. The summed E-state index contributed by atoms with van der Waals surface area (Å²) >= 11 is 0. The second-order valence-corrected chi connectivity index (χ2v) is 5.79. The molecule has 24 heavy (non-hydrogen) atoms. The number of hydrogen-bond acceptors (Lipinski definition) is 4. The van der Waals surface area contributed by atoms with Crippen molar-refractivity contribution >= 4 is 11.7 Å². The molecule has 0 aliphatic carbocycles. The van der Waals surface area contributed by atoms with Gasteiger partial charge in [-0.1, -0.05) is 12.1 Å². The van der Waals surface area contributed by atoms with Crippen LogP contribution in [0, 0.1) is 5.82 Å². The van der Waals surface area contributed by atoms with E-state index in [9.17, 15) is 9.18 Å². The van der Waals surface area contributed by atoms with Crippen molar-refractivity contribution in [1.29, 1.82) is 0 Å². The van der Waals surface area contributed by atoms with E-state index in [0.717, 1.165) is 24.5 Å². The number of anilines is 1. The summed E-state index contributed by atoms with van der Waals surface area (Å²) in [5.74, 6) is 0.465. The zero-order chi connectivity index (χ0) is 16.9. The first-order valence-corrected chi connectivity index (χ1v) is 7.92. The molecule has 0 spiro atoms. The maximum absolute atomic E-state index is 12.9. The third-order valence-electron chi connectivity index (χ3n) is 4.01. The lowest BCUT2D eigenvalue weighted by Gasteiger charge is -2.27. The van der Waals surface area contributed by atoms with Gasteiger partial charge in [0.05, 0.1) is 18.8 Å². The largest absolute Gasteiger partial charge is 0.378 e. The summed E-state index contributed by atoms with van der Waals surface area (Å²) in [6.45, 7) is 3.44. The molecule has 5 nitrogen and oxygen atoms in total. The predicted octanol–water partition coefficient (Wildman–Crippen LogP) is 2.33. The smallest absolute Gasteiger partial charge is 0.255 e.